The van der Waals surface area contributed by atoms with Crippen LogP contribution in [-0.2, 0) is 0 Å². The molecule has 1 nitrogen and oxygen atoms in total. The van der Waals surface area contributed by atoms with Crippen molar-refractivity contribution in [3.8, 4) is 5.75 Å². The second-order valence-electron chi connectivity index (χ2n) is 9.08. The molecular formula is C24H34F4O. The SMILES string of the molecule is CCCCC1CCC(C2CCC(c3ccc(OC(F)C(F)(F)F)cc3)CC2)CC1. The lowest BCUT2D eigenvalue weighted by Crippen LogP contribution is -2.29. The zero-order valence-corrected chi connectivity index (χ0v) is 17.4. The van der Waals surface area contributed by atoms with E-state index in [9.17, 15) is 17.6 Å². The minimum atomic E-state index is -4.99. The van der Waals surface area contributed by atoms with Crippen LogP contribution in [0.3, 0.4) is 0 Å². The van der Waals surface area contributed by atoms with Gasteiger partial charge in [0.1, 0.15) is 5.75 Å². The Kier molecular flexibility index (Phi) is 7.86. The first-order chi connectivity index (χ1) is 13.9. The van der Waals surface area contributed by atoms with Crippen LogP contribution in [-0.4, -0.2) is 12.5 Å². The molecule has 0 amide bonds. The number of benzene rings is 1. The number of halogens is 4. The Hall–Kier alpha value is -1.26. The van der Waals surface area contributed by atoms with Crippen molar-refractivity contribution in [2.45, 2.75) is 96.0 Å². The van der Waals surface area contributed by atoms with Crippen molar-refractivity contribution in [3.63, 3.8) is 0 Å². The topological polar surface area (TPSA) is 9.23 Å². The van der Waals surface area contributed by atoms with Gasteiger partial charge in [-0.15, -0.1) is 0 Å². The Balaban J connectivity index is 1.44. The van der Waals surface area contributed by atoms with Crippen molar-refractivity contribution >= 4 is 0 Å². The van der Waals surface area contributed by atoms with Gasteiger partial charge in [-0.2, -0.15) is 17.6 Å². The first-order valence-electron chi connectivity index (χ1n) is 11.3. The molecule has 2 fully saturated rings. The number of ether oxygens (including phenoxy) is 1. The second-order valence-corrected chi connectivity index (χ2v) is 9.08. The number of rotatable bonds is 7. The first-order valence-corrected chi connectivity index (χ1v) is 11.3. The largest absolute Gasteiger partial charge is 0.457 e. The minimum absolute atomic E-state index is 0.0768. The lowest BCUT2D eigenvalue weighted by Gasteiger charge is -2.38. The number of alkyl halides is 4. The highest BCUT2D eigenvalue weighted by Crippen LogP contribution is 2.44. The van der Waals surface area contributed by atoms with E-state index in [0.29, 0.717) is 5.92 Å². The molecule has 1 aromatic carbocycles. The fourth-order valence-electron chi connectivity index (χ4n) is 5.37. The molecule has 0 saturated heterocycles. The van der Waals surface area contributed by atoms with Crippen molar-refractivity contribution in [1.29, 1.82) is 0 Å². The Labute approximate surface area is 172 Å². The molecule has 2 aliphatic carbocycles. The quantitative estimate of drug-likeness (QED) is 0.409. The predicted octanol–water partition coefficient (Wildman–Crippen LogP) is 8.19. The van der Waals surface area contributed by atoms with Crippen LogP contribution < -0.4 is 4.74 Å². The average Bonchev–Trinajstić information content (AvgIpc) is 2.73. The van der Waals surface area contributed by atoms with Crippen LogP contribution in [0.25, 0.3) is 0 Å². The van der Waals surface area contributed by atoms with E-state index >= 15 is 0 Å². The Morgan fingerprint density at radius 1 is 0.897 bits per heavy atom. The maximum Gasteiger partial charge on any atom is 0.457 e. The average molecular weight is 415 g/mol. The lowest BCUT2D eigenvalue weighted by molar-refractivity contribution is -0.236. The summed E-state index contributed by atoms with van der Waals surface area (Å²) in [6.45, 7) is 2.27. The zero-order chi connectivity index (χ0) is 20.9. The molecule has 0 radical (unpaired) electrons. The summed E-state index contributed by atoms with van der Waals surface area (Å²) in [6.07, 6.45) is 6.14. The van der Waals surface area contributed by atoms with Crippen LogP contribution in [0.4, 0.5) is 17.6 Å². The smallest absolute Gasteiger partial charge is 0.452 e. The van der Waals surface area contributed by atoms with E-state index < -0.39 is 12.5 Å². The van der Waals surface area contributed by atoms with Crippen molar-refractivity contribution < 1.29 is 22.3 Å². The predicted molar refractivity (Wildman–Crippen MR) is 108 cm³/mol. The lowest BCUT2D eigenvalue weighted by atomic mass is 9.68. The Morgan fingerprint density at radius 2 is 1.45 bits per heavy atom. The van der Waals surface area contributed by atoms with Crippen LogP contribution >= 0.6 is 0 Å². The molecule has 0 bridgehead atoms. The van der Waals surface area contributed by atoms with Crippen LogP contribution in [0.2, 0.25) is 0 Å². The molecule has 3 rings (SSSR count). The Bertz CT molecular complexity index is 596. The van der Waals surface area contributed by atoms with Gasteiger partial charge in [0.15, 0.2) is 0 Å². The van der Waals surface area contributed by atoms with E-state index in [0.717, 1.165) is 36.2 Å². The number of hydrogen-bond donors (Lipinski definition) is 0. The van der Waals surface area contributed by atoms with E-state index in [1.165, 1.54) is 69.9 Å². The van der Waals surface area contributed by atoms with Gasteiger partial charge in [0.2, 0.25) is 0 Å². The van der Waals surface area contributed by atoms with E-state index in [-0.39, 0.29) is 5.75 Å². The molecule has 1 atom stereocenters. The van der Waals surface area contributed by atoms with Crippen LogP contribution in [0.15, 0.2) is 24.3 Å². The zero-order valence-electron chi connectivity index (χ0n) is 17.4. The molecule has 2 aliphatic rings. The standard InChI is InChI=1S/C24H34F4O/c1-2-3-4-17-5-7-18(8-6-17)19-9-11-20(12-10-19)21-13-15-22(16-14-21)29-23(25)24(26,27)28/h13-20,23H,2-12H2,1H3. The van der Waals surface area contributed by atoms with Gasteiger partial charge in [-0.05, 0) is 79.9 Å². The maximum atomic E-state index is 13.0. The van der Waals surface area contributed by atoms with Crippen LogP contribution in [0.5, 0.6) is 5.75 Å². The third-order valence-corrected chi connectivity index (χ3v) is 7.14. The van der Waals surface area contributed by atoms with Gasteiger partial charge in [-0.25, -0.2) is 0 Å². The van der Waals surface area contributed by atoms with Gasteiger partial charge in [0.25, 0.3) is 0 Å². The van der Waals surface area contributed by atoms with Crippen molar-refractivity contribution in [3.05, 3.63) is 29.8 Å². The molecule has 0 spiro atoms. The molecule has 1 aromatic rings. The molecular weight excluding hydrogens is 380 g/mol. The highest BCUT2D eigenvalue weighted by molar-refractivity contribution is 5.30. The highest BCUT2D eigenvalue weighted by atomic mass is 19.4. The minimum Gasteiger partial charge on any atom is -0.452 e. The van der Waals surface area contributed by atoms with E-state index in [2.05, 4.69) is 11.7 Å². The summed E-state index contributed by atoms with van der Waals surface area (Å²) < 4.78 is 54.2. The van der Waals surface area contributed by atoms with Crippen molar-refractivity contribution in [1.82, 2.24) is 0 Å². The van der Waals surface area contributed by atoms with Gasteiger partial charge < -0.3 is 4.74 Å². The van der Waals surface area contributed by atoms with E-state index in [1.54, 1.807) is 12.1 Å². The molecule has 1 unspecified atom stereocenters. The monoisotopic (exact) mass is 414 g/mol. The maximum absolute atomic E-state index is 13.0. The third kappa shape index (κ3) is 6.36. The highest BCUT2D eigenvalue weighted by Gasteiger charge is 2.42. The molecule has 164 valence electrons. The van der Waals surface area contributed by atoms with Gasteiger partial charge in [-0.3, -0.25) is 0 Å². The van der Waals surface area contributed by atoms with E-state index in [1.807, 2.05) is 0 Å². The number of hydrogen-bond acceptors (Lipinski definition) is 1. The normalized spacial score (nSPS) is 29.4. The summed E-state index contributed by atoms with van der Waals surface area (Å²) in [5.74, 6) is 3.04. The summed E-state index contributed by atoms with van der Waals surface area (Å²) in [4.78, 5) is 0. The fraction of sp³-hybridized carbons (Fsp3) is 0.750. The molecule has 0 aliphatic heterocycles. The molecule has 0 aromatic heterocycles. The van der Waals surface area contributed by atoms with Crippen molar-refractivity contribution in [2.24, 2.45) is 17.8 Å². The van der Waals surface area contributed by atoms with Crippen molar-refractivity contribution in [2.75, 3.05) is 0 Å². The third-order valence-electron chi connectivity index (χ3n) is 7.14. The molecule has 29 heavy (non-hydrogen) atoms. The molecule has 0 N–H and O–H groups in total. The summed E-state index contributed by atoms with van der Waals surface area (Å²) >= 11 is 0. The van der Waals surface area contributed by atoms with E-state index in [4.69, 9.17) is 0 Å². The molecule has 5 heteroatoms. The van der Waals surface area contributed by atoms with Gasteiger partial charge in [0.05, 0.1) is 0 Å². The van der Waals surface area contributed by atoms with Gasteiger partial charge in [0, 0.05) is 0 Å². The summed E-state index contributed by atoms with van der Waals surface area (Å²) in [5, 5.41) is 0. The van der Waals surface area contributed by atoms with Crippen LogP contribution in [0.1, 0.15) is 89.0 Å². The molecule has 2 saturated carbocycles. The second kappa shape index (κ2) is 10.2. The first kappa shape index (κ1) is 22.4. The number of unbranched alkanes of at least 4 members (excludes halogenated alkanes) is 1. The Morgan fingerprint density at radius 3 is 1.97 bits per heavy atom. The fourth-order valence-corrected chi connectivity index (χ4v) is 5.37. The molecule has 0 heterocycles. The van der Waals surface area contributed by atoms with Crippen LogP contribution in [0, 0.1) is 17.8 Å². The summed E-state index contributed by atoms with van der Waals surface area (Å²) in [6, 6.07) is 6.50. The van der Waals surface area contributed by atoms with Gasteiger partial charge >= 0.3 is 12.5 Å². The van der Waals surface area contributed by atoms with Gasteiger partial charge in [-0.1, -0.05) is 51.2 Å². The summed E-state index contributed by atoms with van der Waals surface area (Å²) in [5.41, 5.74) is 1.13. The summed E-state index contributed by atoms with van der Waals surface area (Å²) in [7, 11) is 0.